The Labute approximate surface area is 109 Å². The first-order chi connectivity index (χ1) is 8.70. The molecule has 0 saturated carbocycles. The highest BCUT2D eigenvalue weighted by atomic mass is 32.1. The number of aromatic carboxylic acids is 1. The number of carboxylic acid groups (broad SMARTS) is 1. The molecule has 0 amide bonds. The van der Waals surface area contributed by atoms with Crippen LogP contribution in [0.1, 0.15) is 21.1 Å². The lowest BCUT2D eigenvalue weighted by molar-refractivity contribution is 0.0691. The maximum atomic E-state index is 10.7. The number of benzene rings is 1. The van der Waals surface area contributed by atoms with Crippen LogP contribution in [0, 0.1) is 0 Å². The van der Waals surface area contributed by atoms with Crippen LogP contribution in [0.4, 0.5) is 0 Å². The molecule has 0 aliphatic rings. The van der Waals surface area contributed by atoms with Crippen molar-refractivity contribution in [3.8, 4) is 5.75 Å². The molecule has 2 aromatic rings. The van der Waals surface area contributed by atoms with Crippen LogP contribution in [0.5, 0.6) is 5.75 Å². The summed E-state index contributed by atoms with van der Waals surface area (Å²) in [6.45, 7) is 0. The number of hydrogen-bond donors (Lipinski definition) is 1. The summed E-state index contributed by atoms with van der Waals surface area (Å²) in [7, 11) is 1.64. The van der Waals surface area contributed by atoms with E-state index in [1.54, 1.807) is 12.5 Å². The monoisotopic (exact) mass is 263 g/mol. The Morgan fingerprint density at radius 3 is 2.83 bits per heavy atom. The van der Waals surface area contributed by atoms with E-state index >= 15 is 0 Å². The first-order valence-corrected chi connectivity index (χ1v) is 6.38. The third kappa shape index (κ3) is 2.87. The molecule has 0 fully saturated rings. The van der Waals surface area contributed by atoms with Crippen molar-refractivity contribution in [2.75, 3.05) is 7.11 Å². The zero-order valence-electron chi connectivity index (χ0n) is 9.92. The molecule has 5 heteroatoms. The van der Waals surface area contributed by atoms with E-state index in [0.717, 1.165) is 29.2 Å². The van der Waals surface area contributed by atoms with E-state index in [1.807, 2.05) is 24.3 Å². The van der Waals surface area contributed by atoms with Crippen molar-refractivity contribution in [2.45, 2.75) is 12.8 Å². The third-order valence-electron chi connectivity index (χ3n) is 2.57. The SMILES string of the molecule is COc1ccccc1CCc1nc(C(=O)O)cs1. The van der Waals surface area contributed by atoms with Crippen molar-refractivity contribution in [3.63, 3.8) is 0 Å². The lowest BCUT2D eigenvalue weighted by atomic mass is 10.1. The lowest BCUT2D eigenvalue weighted by Gasteiger charge is -2.06. The lowest BCUT2D eigenvalue weighted by Crippen LogP contribution is -1.98. The predicted molar refractivity (Wildman–Crippen MR) is 69.5 cm³/mol. The highest BCUT2D eigenvalue weighted by Crippen LogP contribution is 2.20. The average Bonchev–Trinajstić information content (AvgIpc) is 2.85. The second-order valence-electron chi connectivity index (χ2n) is 3.74. The van der Waals surface area contributed by atoms with Crippen LogP contribution in [0.25, 0.3) is 0 Å². The molecule has 0 unspecified atom stereocenters. The van der Waals surface area contributed by atoms with Crippen molar-refractivity contribution in [1.29, 1.82) is 0 Å². The quantitative estimate of drug-likeness (QED) is 0.901. The molecule has 1 aromatic heterocycles. The van der Waals surface area contributed by atoms with Gasteiger partial charge in [0.25, 0.3) is 0 Å². The molecular weight excluding hydrogens is 250 g/mol. The van der Waals surface area contributed by atoms with Crippen LogP contribution in [0.2, 0.25) is 0 Å². The van der Waals surface area contributed by atoms with Crippen LogP contribution in [-0.2, 0) is 12.8 Å². The zero-order valence-corrected chi connectivity index (χ0v) is 10.7. The van der Waals surface area contributed by atoms with Gasteiger partial charge >= 0.3 is 5.97 Å². The van der Waals surface area contributed by atoms with Crippen LogP contribution in [-0.4, -0.2) is 23.2 Å². The molecule has 0 bridgehead atoms. The van der Waals surface area contributed by atoms with Gasteiger partial charge in [-0.3, -0.25) is 0 Å². The topological polar surface area (TPSA) is 59.4 Å². The molecule has 1 N–H and O–H groups in total. The van der Waals surface area contributed by atoms with Gasteiger partial charge in [-0.05, 0) is 18.1 Å². The van der Waals surface area contributed by atoms with E-state index in [4.69, 9.17) is 9.84 Å². The molecule has 0 atom stereocenters. The summed E-state index contributed by atoms with van der Waals surface area (Å²) in [4.78, 5) is 14.8. The Kier molecular flexibility index (Phi) is 3.94. The number of ether oxygens (including phenoxy) is 1. The molecule has 0 saturated heterocycles. The van der Waals surface area contributed by atoms with E-state index < -0.39 is 5.97 Å². The number of rotatable bonds is 5. The Morgan fingerprint density at radius 1 is 1.39 bits per heavy atom. The number of carboxylic acids is 1. The fourth-order valence-electron chi connectivity index (χ4n) is 1.68. The Morgan fingerprint density at radius 2 is 2.17 bits per heavy atom. The van der Waals surface area contributed by atoms with Gasteiger partial charge in [0.2, 0.25) is 0 Å². The van der Waals surface area contributed by atoms with Gasteiger partial charge in [0.15, 0.2) is 5.69 Å². The van der Waals surface area contributed by atoms with Gasteiger partial charge in [-0.15, -0.1) is 11.3 Å². The molecule has 4 nitrogen and oxygen atoms in total. The van der Waals surface area contributed by atoms with E-state index in [2.05, 4.69) is 4.98 Å². The van der Waals surface area contributed by atoms with E-state index in [9.17, 15) is 4.79 Å². The van der Waals surface area contributed by atoms with Gasteiger partial charge in [-0.2, -0.15) is 0 Å². The maximum Gasteiger partial charge on any atom is 0.355 e. The summed E-state index contributed by atoms with van der Waals surface area (Å²) in [6, 6.07) is 7.81. The highest BCUT2D eigenvalue weighted by molar-refractivity contribution is 7.09. The second kappa shape index (κ2) is 5.64. The normalized spacial score (nSPS) is 10.3. The fourth-order valence-corrected chi connectivity index (χ4v) is 2.45. The van der Waals surface area contributed by atoms with Crippen molar-refractivity contribution in [3.05, 3.63) is 45.9 Å². The summed E-state index contributed by atoms with van der Waals surface area (Å²) in [5.41, 5.74) is 1.22. The van der Waals surface area contributed by atoms with Crippen molar-refractivity contribution < 1.29 is 14.6 Å². The predicted octanol–water partition coefficient (Wildman–Crippen LogP) is 2.64. The van der Waals surface area contributed by atoms with E-state index in [1.165, 1.54) is 11.3 Å². The van der Waals surface area contributed by atoms with Gasteiger partial charge in [0, 0.05) is 11.8 Å². The standard InChI is InChI=1S/C13H13NO3S/c1-17-11-5-3-2-4-9(11)6-7-12-14-10(8-18-12)13(15)16/h2-5,8H,6-7H2,1H3,(H,15,16). The average molecular weight is 263 g/mol. The van der Waals surface area contributed by atoms with Crippen LogP contribution in [0.3, 0.4) is 0 Å². The Balaban J connectivity index is 2.04. The number of thiazole rings is 1. The van der Waals surface area contributed by atoms with Gasteiger partial charge in [0.05, 0.1) is 12.1 Å². The summed E-state index contributed by atoms with van der Waals surface area (Å²) < 4.78 is 5.27. The second-order valence-corrected chi connectivity index (χ2v) is 4.69. The molecule has 94 valence electrons. The summed E-state index contributed by atoms with van der Waals surface area (Å²) in [5.74, 6) is -0.123. The summed E-state index contributed by atoms with van der Waals surface area (Å²) >= 11 is 1.38. The fraction of sp³-hybridized carbons (Fsp3) is 0.231. The number of nitrogens with zero attached hydrogens (tertiary/aromatic N) is 1. The molecule has 18 heavy (non-hydrogen) atoms. The summed E-state index contributed by atoms with van der Waals surface area (Å²) in [6.07, 6.45) is 1.51. The maximum absolute atomic E-state index is 10.7. The largest absolute Gasteiger partial charge is 0.496 e. The number of hydrogen-bond acceptors (Lipinski definition) is 4. The molecular formula is C13H13NO3S. The molecule has 0 radical (unpaired) electrons. The number of aryl methyl sites for hydroxylation is 2. The van der Waals surface area contributed by atoms with Crippen molar-refractivity contribution in [1.82, 2.24) is 4.98 Å². The Hall–Kier alpha value is -1.88. The number of methoxy groups -OCH3 is 1. The minimum Gasteiger partial charge on any atom is -0.496 e. The molecule has 2 rings (SSSR count). The highest BCUT2D eigenvalue weighted by Gasteiger charge is 2.09. The minimum absolute atomic E-state index is 0.120. The minimum atomic E-state index is -0.977. The third-order valence-corrected chi connectivity index (χ3v) is 3.48. The van der Waals surface area contributed by atoms with Crippen molar-refractivity contribution in [2.24, 2.45) is 0 Å². The van der Waals surface area contributed by atoms with Crippen LogP contribution in [0.15, 0.2) is 29.6 Å². The molecule has 0 aliphatic carbocycles. The number of carbonyl (C=O) groups is 1. The van der Waals surface area contributed by atoms with Gasteiger partial charge in [-0.25, -0.2) is 9.78 Å². The van der Waals surface area contributed by atoms with E-state index in [-0.39, 0.29) is 5.69 Å². The Bertz CT molecular complexity index is 551. The molecule has 1 heterocycles. The van der Waals surface area contributed by atoms with Crippen molar-refractivity contribution >= 4 is 17.3 Å². The van der Waals surface area contributed by atoms with Crippen LogP contribution >= 0.6 is 11.3 Å². The molecule has 0 aliphatic heterocycles. The number of aromatic nitrogens is 1. The van der Waals surface area contributed by atoms with E-state index in [0.29, 0.717) is 0 Å². The van der Waals surface area contributed by atoms with Crippen LogP contribution < -0.4 is 4.74 Å². The smallest absolute Gasteiger partial charge is 0.355 e. The summed E-state index contributed by atoms with van der Waals surface area (Å²) in [5, 5.41) is 11.2. The van der Waals surface area contributed by atoms with Gasteiger partial charge in [0.1, 0.15) is 5.75 Å². The van der Waals surface area contributed by atoms with Gasteiger partial charge < -0.3 is 9.84 Å². The number of para-hydroxylation sites is 1. The van der Waals surface area contributed by atoms with Gasteiger partial charge in [-0.1, -0.05) is 18.2 Å². The first kappa shape index (κ1) is 12.6. The first-order valence-electron chi connectivity index (χ1n) is 5.50. The molecule has 1 aromatic carbocycles. The zero-order chi connectivity index (χ0) is 13.0. The molecule has 0 spiro atoms.